The third kappa shape index (κ3) is 5.76. The normalized spacial score (nSPS) is 15.6. The molecular formula is C31H40N8. The number of hydrogen-bond donors (Lipinski definition) is 1. The van der Waals surface area contributed by atoms with Gasteiger partial charge in [0.25, 0.3) is 0 Å². The molecule has 1 saturated carbocycles. The molecule has 0 unspecified atom stereocenters. The van der Waals surface area contributed by atoms with Gasteiger partial charge in [-0.2, -0.15) is 0 Å². The maximum absolute atomic E-state index is 5.32. The third-order valence-corrected chi connectivity index (χ3v) is 8.03. The van der Waals surface area contributed by atoms with Crippen molar-refractivity contribution in [3.63, 3.8) is 0 Å². The van der Waals surface area contributed by atoms with Crippen LogP contribution in [0, 0.1) is 5.92 Å². The van der Waals surface area contributed by atoms with Crippen molar-refractivity contribution in [2.24, 2.45) is 5.92 Å². The monoisotopic (exact) mass is 524 g/mol. The summed E-state index contributed by atoms with van der Waals surface area (Å²) in [5.41, 5.74) is 5.98. The number of nitrogens with one attached hydrogen (secondary N) is 1. The zero-order valence-corrected chi connectivity index (χ0v) is 23.3. The van der Waals surface area contributed by atoms with Crippen molar-refractivity contribution in [1.82, 2.24) is 35.1 Å². The summed E-state index contributed by atoms with van der Waals surface area (Å²) in [6, 6.07) is 17.2. The number of nitrogens with zero attached hydrogens (tertiary/aromatic N) is 7. The van der Waals surface area contributed by atoms with E-state index in [0.29, 0.717) is 5.82 Å². The molecule has 0 radical (unpaired) electrons. The van der Waals surface area contributed by atoms with Crippen LogP contribution in [0.1, 0.15) is 69.5 Å². The number of anilines is 1. The van der Waals surface area contributed by atoms with Crippen LogP contribution in [-0.2, 0) is 19.5 Å². The first-order valence-electron chi connectivity index (χ1n) is 14.7. The minimum absolute atomic E-state index is 0.684. The molecule has 8 heteroatoms. The van der Waals surface area contributed by atoms with E-state index >= 15 is 0 Å². The van der Waals surface area contributed by atoms with Crippen LogP contribution in [0.5, 0.6) is 0 Å². The van der Waals surface area contributed by atoms with E-state index < -0.39 is 0 Å². The fraction of sp³-hybridized carbons (Fsp3) is 0.484. The third-order valence-electron chi connectivity index (χ3n) is 8.03. The molecule has 2 aromatic heterocycles. The first-order valence-corrected chi connectivity index (χ1v) is 14.7. The molecule has 1 aliphatic heterocycles. The van der Waals surface area contributed by atoms with Gasteiger partial charge in [-0.05, 0) is 65.3 Å². The average Bonchev–Trinajstić information content (AvgIpc) is 3.47. The lowest BCUT2D eigenvalue weighted by atomic mass is 9.98. The number of aromatic nitrogens is 6. The predicted molar refractivity (Wildman–Crippen MR) is 155 cm³/mol. The highest BCUT2D eigenvalue weighted by Crippen LogP contribution is 2.36. The molecule has 0 bridgehead atoms. The lowest BCUT2D eigenvalue weighted by Gasteiger charge is -2.36. The van der Waals surface area contributed by atoms with Crippen LogP contribution in [0.4, 0.5) is 5.82 Å². The molecule has 4 aromatic rings. The molecular weight excluding hydrogens is 484 g/mol. The van der Waals surface area contributed by atoms with Gasteiger partial charge in [-0.25, -0.2) is 10.1 Å². The van der Waals surface area contributed by atoms with Crippen LogP contribution in [0.3, 0.4) is 0 Å². The molecule has 0 amide bonds. The number of tetrazole rings is 1. The van der Waals surface area contributed by atoms with Crippen LogP contribution in [-0.4, -0.2) is 54.8 Å². The van der Waals surface area contributed by atoms with Crippen LogP contribution in [0.15, 0.2) is 48.5 Å². The number of rotatable bonds is 12. The Bertz CT molecular complexity index is 1350. The standard InChI is InChI=1S/C31H40N8/c1-3-5-6-11-29-32-31-28(21-37(18-4-2)22-38(31)19-23-12-13-23)39(29)20-24-14-16-25(17-15-24)26-9-7-8-10-27(26)30-33-35-36-34-30/h7-10,14-17,23H,3-6,11-13,18-22H2,1-2H3,(H,33,34,35,36). The number of H-pyrrole nitrogens is 1. The van der Waals surface area contributed by atoms with E-state index in [1.54, 1.807) is 0 Å². The van der Waals surface area contributed by atoms with Crippen molar-refractivity contribution in [2.45, 2.75) is 71.9 Å². The second kappa shape index (κ2) is 11.7. The molecule has 0 atom stereocenters. The molecule has 0 saturated heterocycles. The Labute approximate surface area is 231 Å². The Morgan fingerprint density at radius 1 is 0.949 bits per heavy atom. The number of aryl methyl sites for hydroxylation is 1. The van der Waals surface area contributed by atoms with Crippen molar-refractivity contribution < 1.29 is 0 Å². The quantitative estimate of drug-likeness (QED) is 0.232. The molecule has 6 rings (SSSR count). The van der Waals surface area contributed by atoms with Crippen LogP contribution in [0.2, 0.25) is 0 Å². The average molecular weight is 525 g/mol. The van der Waals surface area contributed by atoms with E-state index in [1.807, 2.05) is 6.07 Å². The fourth-order valence-electron chi connectivity index (χ4n) is 5.82. The van der Waals surface area contributed by atoms with Crippen LogP contribution >= 0.6 is 0 Å². The van der Waals surface area contributed by atoms with Gasteiger partial charge in [-0.1, -0.05) is 75.2 Å². The highest BCUT2D eigenvalue weighted by Gasteiger charge is 2.33. The zero-order chi connectivity index (χ0) is 26.6. The second-order valence-corrected chi connectivity index (χ2v) is 11.2. The first kappa shape index (κ1) is 25.7. The zero-order valence-electron chi connectivity index (χ0n) is 23.3. The second-order valence-electron chi connectivity index (χ2n) is 11.2. The topological polar surface area (TPSA) is 78.8 Å². The van der Waals surface area contributed by atoms with Crippen molar-refractivity contribution in [3.8, 4) is 22.5 Å². The van der Waals surface area contributed by atoms with E-state index in [0.717, 1.165) is 61.9 Å². The molecule has 39 heavy (non-hydrogen) atoms. The number of unbranched alkanes of at least 4 members (excludes halogenated alkanes) is 2. The Morgan fingerprint density at radius 2 is 1.77 bits per heavy atom. The van der Waals surface area contributed by atoms with Gasteiger partial charge in [0.15, 0.2) is 11.6 Å². The Hall–Kier alpha value is -3.52. The molecule has 1 aliphatic carbocycles. The van der Waals surface area contributed by atoms with Crippen molar-refractivity contribution >= 4 is 5.82 Å². The maximum Gasteiger partial charge on any atom is 0.180 e. The maximum atomic E-state index is 5.32. The molecule has 8 nitrogen and oxygen atoms in total. The summed E-state index contributed by atoms with van der Waals surface area (Å²) >= 11 is 0. The van der Waals surface area contributed by atoms with Gasteiger partial charge in [0.05, 0.1) is 12.4 Å². The van der Waals surface area contributed by atoms with Crippen molar-refractivity contribution in [3.05, 3.63) is 65.6 Å². The van der Waals surface area contributed by atoms with Gasteiger partial charge in [0.2, 0.25) is 0 Å². The van der Waals surface area contributed by atoms with E-state index in [2.05, 4.69) is 91.3 Å². The number of benzene rings is 2. The highest BCUT2D eigenvalue weighted by molar-refractivity contribution is 5.80. The van der Waals surface area contributed by atoms with Gasteiger partial charge < -0.3 is 9.47 Å². The van der Waals surface area contributed by atoms with Gasteiger partial charge in [0, 0.05) is 31.6 Å². The fourth-order valence-corrected chi connectivity index (χ4v) is 5.82. The summed E-state index contributed by atoms with van der Waals surface area (Å²) in [6.07, 6.45) is 8.63. The minimum atomic E-state index is 0.684. The van der Waals surface area contributed by atoms with Crippen molar-refractivity contribution in [1.29, 1.82) is 0 Å². The smallest absolute Gasteiger partial charge is 0.180 e. The Balaban J connectivity index is 1.30. The lowest BCUT2D eigenvalue weighted by molar-refractivity contribution is 0.243. The number of imidazole rings is 1. The van der Waals surface area contributed by atoms with Gasteiger partial charge in [-0.15, -0.1) is 5.10 Å². The van der Waals surface area contributed by atoms with E-state index in [1.165, 1.54) is 61.4 Å². The lowest BCUT2D eigenvalue weighted by Crippen LogP contribution is -2.44. The number of aromatic amines is 1. The van der Waals surface area contributed by atoms with Crippen molar-refractivity contribution in [2.75, 3.05) is 24.7 Å². The molecule has 3 heterocycles. The molecule has 204 valence electrons. The Kier molecular flexibility index (Phi) is 7.72. The summed E-state index contributed by atoms with van der Waals surface area (Å²) in [6.45, 7) is 9.69. The van der Waals surface area contributed by atoms with Crippen LogP contribution < -0.4 is 4.90 Å². The molecule has 2 aromatic carbocycles. The van der Waals surface area contributed by atoms with Gasteiger partial charge in [-0.3, -0.25) is 4.90 Å². The predicted octanol–water partition coefficient (Wildman–Crippen LogP) is 5.91. The highest BCUT2D eigenvalue weighted by atomic mass is 15.5. The van der Waals surface area contributed by atoms with Crippen LogP contribution in [0.25, 0.3) is 22.5 Å². The van der Waals surface area contributed by atoms with E-state index in [9.17, 15) is 0 Å². The Morgan fingerprint density at radius 3 is 2.49 bits per heavy atom. The summed E-state index contributed by atoms with van der Waals surface area (Å²) in [7, 11) is 0. The summed E-state index contributed by atoms with van der Waals surface area (Å²) in [5, 5.41) is 14.6. The number of hydrogen-bond acceptors (Lipinski definition) is 6. The van der Waals surface area contributed by atoms with E-state index in [4.69, 9.17) is 4.98 Å². The SMILES string of the molecule is CCCCCc1nc2c(n1Cc1ccc(-c3ccccc3-c3nnn[nH]3)cc1)CN(CCC)CN2CC1CC1. The number of fused-ring (bicyclic) bond motifs is 1. The van der Waals surface area contributed by atoms with Gasteiger partial charge in [0.1, 0.15) is 5.82 Å². The first-order chi connectivity index (χ1) is 19.2. The summed E-state index contributed by atoms with van der Waals surface area (Å²) < 4.78 is 2.54. The minimum Gasteiger partial charge on any atom is -0.342 e. The largest absolute Gasteiger partial charge is 0.342 e. The molecule has 0 spiro atoms. The van der Waals surface area contributed by atoms with E-state index in [-0.39, 0.29) is 0 Å². The summed E-state index contributed by atoms with van der Waals surface area (Å²) in [5.74, 6) is 4.02. The molecule has 1 N–H and O–H groups in total. The van der Waals surface area contributed by atoms with Gasteiger partial charge >= 0.3 is 0 Å². The molecule has 2 aliphatic rings. The summed E-state index contributed by atoms with van der Waals surface area (Å²) in [4.78, 5) is 10.5. The molecule has 1 fully saturated rings.